The van der Waals surface area contributed by atoms with Gasteiger partial charge in [0.05, 0.1) is 12.2 Å². The van der Waals surface area contributed by atoms with E-state index in [0.29, 0.717) is 6.42 Å². The summed E-state index contributed by atoms with van der Waals surface area (Å²) in [7, 11) is 0. The zero-order chi connectivity index (χ0) is 13.0. The molecule has 0 atom stereocenters. The Hall–Kier alpha value is -1.82. The van der Waals surface area contributed by atoms with Crippen LogP contribution >= 0.6 is 0 Å². The van der Waals surface area contributed by atoms with Gasteiger partial charge in [-0.1, -0.05) is 35.5 Å². The van der Waals surface area contributed by atoms with Gasteiger partial charge in [0.15, 0.2) is 0 Å². The number of nitrogens with zero attached hydrogens (tertiary/aromatic N) is 3. The molecule has 0 fully saturated rings. The summed E-state index contributed by atoms with van der Waals surface area (Å²) in [5, 5.41) is 7.56. The van der Waals surface area contributed by atoms with Crippen molar-refractivity contribution in [2.24, 2.45) is 5.73 Å². The summed E-state index contributed by atoms with van der Waals surface area (Å²) in [5.74, 6) is 0. The molecule has 96 valence electrons. The fraction of sp³-hybridized carbons (Fsp3) is 0.333. The summed E-state index contributed by atoms with van der Waals surface area (Å²) in [4.78, 5) is 0. The van der Waals surface area contributed by atoms with Crippen molar-refractivity contribution in [2.75, 3.05) is 6.54 Å². The number of benzene rings is 1. The van der Waals surface area contributed by atoms with E-state index in [2.05, 4.69) is 10.3 Å². The number of nitrogens with two attached hydrogens (primary N) is 1. The molecule has 2 N–H and O–H groups in total. The van der Waals surface area contributed by atoms with Crippen LogP contribution in [0.2, 0.25) is 0 Å². The van der Waals surface area contributed by atoms with E-state index in [4.69, 9.17) is 5.73 Å². The Morgan fingerprint density at radius 3 is 2.56 bits per heavy atom. The molecule has 4 nitrogen and oxygen atoms in total. The summed E-state index contributed by atoms with van der Waals surface area (Å²) in [6.45, 7) is 0.571. The minimum Gasteiger partial charge on any atom is -0.330 e. The molecule has 6 heteroatoms. The molecule has 0 spiro atoms. The van der Waals surface area contributed by atoms with E-state index in [0.717, 1.165) is 5.56 Å². The van der Waals surface area contributed by atoms with Crippen LogP contribution in [-0.2, 0) is 13.0 Å². The Kier molecular flexibility index (Phi) is 3.99. The van der Waals surface area contributed by atoms with Crippen LogP contribution in [0.1, 0.15) is 23.4 Å². The Balaban J connectivity index is 2.28. The smallest absolute Gasteiger partial charge is 0.281 e. The Labute approximate surface area is 103 Å². The van der Waals surface area contributed by atoms with Crippen LogP contribution in [0, 0.1) is 0 Å². The Morgan fingerprint density at radius 2 is 1.94 bits per heavy atom. The van der Waals surface area contributed by atoms with Gasteiger partial charge in [-0.05, 0) is 12.1 Å². The molecule has 2 aromatic rings. The lowest BCUT2D eigenvalue weighted by molar-refractivity contribution is 0.138. The molecule has 1 aromatic carbocycles. The largest absolute Gasteiger partial charge is 0.330 e. The zero-order valence-corrected chi connectivity index (χ0v) is 9.76. The highest BCUT2D eigenvalue weighted by atomic mass is 19.3. The molecular weight excluding hydrogens is 238 g/mol. The quantitative estimate of drug-likeness (QED) is 0.882. The molecule has 1 aromatic heterocycles. The molecule has 0 aliphatic rings. The summed E-state index contributed by atoms with van der Waals surface area (Å²) in [6, 6.07) is 9.31. The molecule has 0 radical (unpaired) electrons. The highest BCUT2D eigenvalue weighted by Crippen LogP contribution is 2.22. The fourth-order valence-corrected chi connectivity index (χ4v) is 1.78. The van der Waals surface area contributed by atoms with Gasteiger partial charge in [0.1, 0.15) is 5.69 Å². The number of alkyl halides is 2. The SMILES string of the molecule is NCCc1nnn(Cc2ccccc2)c1C(F)F. The molecule has 0 aliphatic heterocycles. The highest BCUT2D eigenvalue weighted by Gasteiger charge is 2.21. The summed E-state index contributed by atoms with van der Waals surface area (Å²) < 4.78 is 27.3. The summed E-state index contributed by atoms with van der Waals surface area (Å²) in [5.41, 5.74) is 6.42. The third-order valence-electron chi connectivity index (χ3n) is 2.61. The molecule has 1 heterocycles. The van der Waals surface area contributed by atoms with E-state index >= 15 is 0 Å². The van der Waals surface area contributed by atoms with Gasteiger partial charge in [-0.3, -0.25) is 0 Å². The first-order chi connectivity index (χ1) is 8.72. The second-order valence-electron chi connectivity index (χ2n) is 3.90. The standard InChI is InChI=1S/C12H14F2N4/c13-12(14)11-10(6-7-15)16-17-18(11)8-9-4-2-1-3-5-9/h1-5,12H,6-8,15H2. The predicted octanol–water partition coefficient (Wildman–Crippen LogP) is 1.77. The fourth-order valence-electron chi connectivity index (χ4n) is 1.78. The number of hydrogen-bond donors (Lipinski definition) is 1. The number of halogens is 2. The van der Waals surface area contributed by atoms with E-state index < -0.39 is 6.43 Å². The van der Waals surface area contributed by atoms with Crippen LogP contribution in [0.5, 0.6) is 0 Å². The first-order valence-corrected chi connectivity index (χ1v) is 5.66. The lowest BCUT2D eigenvalue weighted by Gasteiger charge is -2.06. The van der Waals surface area contributed by atoms with Crippen LogP contribution in [0.25, 0.3) is 0 Å². The van der Waals surface area contributed by atoms with Gasteiger partial charge in [0, 0.05) is 6.42 Å². The van der Waals surface area contributed by atoms with Crippen LogP contribution in [0.4, 0.5) is 8.78 Å². The third kappa shape index (κ3) is 2.70. The number of aromatic nitrogens is 3. The van der Waals surface area contributed by atoms with Crippen molar-refractivity contribution >= 4 is 0 Å². The first kappa shape index (κ1) is 12.6. The monoisotopic (exact) mass is 252 g/mol. The van der Waals surface area contributed by atoms with E-state index in [9.17, 15) is 8.78 Å². The van der Waals surface area contributed by atoms with Gasteiger partial charge in [-0.25, -0.2) is 13.5 Å². The molecule has 2 rings (SSSR count). The van der Waals surface area contributed by atoms with Crippen LogP contribution in [-0.4, -0.2) is 21.5 Å². The van der Waals surface area contributed by atoms with E-state index in [-0.39, 0.29) is 24.5 Å². The maximum Gasteiger partial charge on any atom is 0.281 e. The topological polar surface area (TPSA) is 56.7 Å². The van der Waals surface area contributed by atoms with Crippen molar-refractivity contribution in [3.63, 3.8) is 0 Å². The minimum atomic E-state index is -2.59. The van der Waals surface area contributed by atoms with Gasteiger partial charge in [0.25, 0.3) is 6.43 Å². The average molecular weight is 252 g/mol. The minimum absolute atomic E-state index is 0.135. The molecule has 0 saturated heterocycles. The Bertz CT molecular complexity index is 496. The number of hydrogen-bond acceptors (Lipinski definition) is 3. The predicted molar refractivity (Wildman–Crippen MR) is 63.3 cm³/mol. The van der Waals surface area contributed by atoms with Gasteiger partial charge >= 0.3 is 0 Å². The molecule has 0 unspecified atom stereocenters. The third-order valence-corrected chi connectivity index (χ3v) is 2.61. The van der Waals surface area contributed by atoms with E-state index in [1.54, 1.807) is 0 Å². The maximum absolute atomic E-state index is 13.0. The average Bonchev–Trinajstić information content (AvgIpc) is 2.74. The molecule has 0 aliphatic carbocycles. The maximum atomic E-state index is 13.0. The Morgan fingerprint density at radius 1 is 1.22 bits per heavy atom. The van der Waals surface area contributed by atoms with Crippen molar-refractivity contribution in [3.8, 4) is 0 Å². The van der Waals surface area contributed by atoms with Crippen molar-refractivity contribution in [1.29, 1.82) is 0 Å². The summed E-state index contributed by atoms with van der Waals surface area (Å²) >= 11 is 0. The molecular formula is C12H14F2N4. The van der Waals surface area contributed by atoms with Crippen molar-refractivity contribution < 1.29 is 8.78 Å². The van der Waals surface area contributed by atoms with E-state index in [1.807, 2.05) is 30.3 Å². The highest BCUT2D eigenvalue weighted by molar-refractivity contribution is 5.18. The second kappa shape index (κ2) is 5.68. The molecule has 18 heavy (non-hydrogen) atoms. The number of rotatable bonds is 5. The van der Waals surface area contributed by atoms with Crippen molar-refractivity contribution in [3.05, 3.63) is 47.3 Å². The second-order valence-corrected chi connectivity index (χ2v) is 3.90. The normalized spacial score (nSPS) is 11.1. The van der Waals surface area contributed by atoms with E-state index in [1.165, 1.54) is 4.68 Å². The van der Waals surface area contributed by atoms with Crippen molar-refractivity contribution in [2.45, 2.75) is 19.4 Å². The van der Waals surface area contributed by atoms with Crippen LogP contribution in [0.15, 0.2) is 30.3 Å². The molecule has 0 bridgehead atoms. The lowest BCUT2D eigenvalue weighted by atomic mass is 10.2. The van der Waals surface area contributed by atoms with Gasteiger partial charge in [-0.15, -0.1) is 5.10 Å². The summed E-state index contributed by atoms with van der Waals surface area (Å²) in [6.07, 6.45) is -2.28. The zero-order valence-electron chi connectivity index (χ0n) is 9.76. The lowest BCUT2D eigenvalue weighted by Crippen LogP contribution is -2.10. The molecule has 0 saturated carbocycles. The van der Waals surface area contributed by atoms with Crippen LogP contribution in [0.3, 0.4) is 0 Å². The van der Waals surface area contributed by atoms with Gasteiger partial charge in [0.2, 0.25) is 0 Å². The molecule has 0 amide bonds. The van der Waals surface area contributed by atoms with Crippen molar-refractivity contribution in [1.82, 2.24) is 15.0 Å². The van der Waals surface area contributed by atoms with Crippen LogP contribution < -0.4 is 5.73 Å². The van der Waals surface area contributed by atoms with Gasteiger partial charge < -0.3 is 5.73 Å². The van der Waals surface area contributed by atoms with Gasteiger partial charge in [-0.2, -0.15) is 0 Å². The first-order valence-electron chi connectivity index (χ1n) is 5.66.